The van der Waals surface area contributed by atoms with Crippen molar-refractivity contribution in [3.8, 4) is 11.5 Å². The molecule has 34 heavy (non-hydrogen) atoms. The summed E-state index contributed by atoms with van der Waals surface area (Å²) in [5.74, 6) is 1.75. The molecule has 1 saturated heterocycles. The van der Waals surface area contributed by atoms with Crippen LogP contribution in [0.1, 0.15) is 5.56 Å². The summed E-state index contributed by atoms with van der Waals surface area (Å²) in [5, 5.41) is 3.05. The molecule has 1 fully saturated rings. The molecule has 8 nitrogen and oxygen atoms in total. The first kappa shape index (κ1) is 23.7. The normalized spacial score (nSPS) is 14.3. The van der Waals surface area contributed by atoms with E-state index < -0.39 is 17.8 Å². The second-order valence-electron chi connectivity index (χ2n) is 7.51. The molecule has 0 bridgehead atoms. The van der Waals surface area contributed by atoms with Crippen molar-refractivity contribution in [2.75, 3.05) is 50.6 Å². The average molecular weight is 496 g/mol. The van der Waals surface area contributed by atoms with Crippen molar-refractivity contribution in [2.45, 2.75) is 6.18 Å². The van der Waals surface area contributed by atoms with Gasteiger partial charge in [-0.2, -0.15) is 13.2 Å². The Balaban J connectivity index is 1.49. The van der Waals surface area contributed by atoms with E-state index in [1.165, 1.54) is 31.5 Å². The SMILES string of the molecule is COc1cc2ncnc(N3CCN(C(=O)Nc4ccc(Cl)cc4C(F)(F)F)CC3)c2cc1OC. The lowest BCUT2D eigenvalue weighted by Gasteiger charge is -2.35. The van der Waals surface area contributed by atoms with Gasteiger partial charge in [-0.3, -0.25) is 0 Å². The van der Waals surface area contributed by atoms with Crippen molar-refractivity contribution < 1.29 is 27.4 Å². The van der Waals surface area contributed by atoms with Crippen LogP contribution in [-0.4, -0.2) is 61.3 Å². The number of fused-ring (bicyclic) bond motifs is 1. The molecule has 3 aromatic rings. The zero-order valence-electron chi connectivity index (χ0n) is 18.3. The summed E-state index contributed by atoms with van der Waals surface area (Å²) in [6.07, 6.45) is -3.20. The maximum Gasteiger partial charge on any atom is 0.418 e. The minimum atomic E-state index is -4.65. The number of aromatic nitrogens is 2. The summed E-state index contributed by atoms with van der Waals surface area (Å²) in [7, 11) is 3.08. The molecule has 12 heteroatoms. The summed E-state index contributed by atoms with van der Waals surface area (Å²) < 4.78 is 50.7. The average Bonchev–Trinajstić information content (AvgIpc) is 2.83. The number of nitrogens with zero attached hydrogens (tertiary/aromatic N) is 4. The van der Waals surface area contributed by atoms with Gasteiger partial charge in [-0.25, -0.2) is 14.8 Å². The number of amides is 2. The minimum absolute atomic E-state index is 0.0646. The molecule has 0 atom stereocenters. The van der Waals surface area contributed by atoms with Crippen LogP contribution in [-0.2, 0) is 6.18 Å². The quantitative estimate of drug-likeness (QED) is 0.566. The van der Waals surface area contributed by atoms with Crippen LogP contribution in [0.25, 0.3) is 10.9 Å². The third-order valence-electron chi connectivity index (χ3n) is 5.51. The van der Waals surface area contributed by atoms with Gasteiger partial charge in [0.1, 0.15) is 12.1 Å². The molecule has 2 amide bonds. The van der Waals surface area contributed by atoms with E-state index >= 15 is 0 Å². The fraction of sp³-hybridized carbons (Fsp3) is 0.318. The predicted octanol–water partition coefficient (Wildman–Crippen LogP) is 4.67. The topological polar surface area (TPSA) is 79.8 Å². The number of hydrogen-bond donors (Lipinski definition) is 1. The lowest BCUT2D eigenvalue weighted by Crippen LogP contribution is -2.50. The third kappa shape index (κ3) is 4.74. The van der Waals surface area contributed by atoms with E-state index in [1.807, 2.05) is 4.90 Å². The van der Waals surface area contributed by atoms with E-state index in [1.54, 1.807) is 12.1 Å². The number of methoxy groups -OCH3 is 2. The van der Waals surface area contributed by atoms with Crippen LogP contribution in [0.15, 0.2) is 36.7 Å². The van der Waals surface area contributed by atoms with Crippen LogP contribution in [0, 0.1) is 0 Å². The molecule has 1 N–H and O–H groups in total. The number of carbonyl (C=O) groups is 1. The molecule has 1 aromatic heterocycles. The van der Waals surface area contributed by atoms with Crippen LogP contribution in [0.5, 0.6) is 11.5 Å². The molecular formula is C22H21ClF3N5O3. The van der Waals surface area contributed by atoms with Gasteiger partial charge in [0, 0.05) is 42.7 Å². The maximum absolute atomic E-state index is 13.3. The highest BCUT2D eigenvalue weighted by atomic mass is 35.5. The largest absolute Gasteiger partial charge is 0.493 e. The summed E-state index contributed by atoms with van der Waals surface area (Å²) in [6, 6.07) is 6.17. The number of benzene rings is 2. The number of hydrogen-bond acceptors (Lipinski definition) is 6. The zero-order valence-corrected chi connectivity index (χ0v) is 19.1. The molecule has 2 heterocycles. The number of piperazine rings is 1. The standard InChI is InChI=1S/C22H21ClF3N5O3/c1-33-18-10-14-17(11-19(18)34-2)27-12-28-20(14)30-5-7-31(8-6-30)21(32)29-16-4-3-13(23)9-15(16)22(24,25)26/h3-4,9-12H,5-8H2,1-2H3,(H,29,32). The molecule has 1 aliphatic rings. The van der Waals surface area contributed by atoms with E-state index in [-0.39, 0.29) is 10.7 Å². The number of nitrogens with one attached hydrogen (secondary N) is 1. The highest BCUT2D eigenvalue weighted by Gasteiger charge is 2.35. The number of urea groups is 1. The Morgan fingerprint density at radius 1 is 1.03 bits per heavy atom. The molecule has 0 saturated carbocycles. The van der Waals surface area contributed by atoms with Crippen LogP contribution < -0.4 is 19.7 Å². The van der Waals surface area contributed by atoms with E-state index in [4.69, 9.17) is 21.1 Å². The number of alkyl halides is 3. The molecular weight excluding hydrogens is 475 g/mol. The van der Waals surface area contributed by atoms with E-state index in [0.717, 1.165) is 17.5 Å². The smallest absolute Gasteiger partial charge is 0.418 e. The Bertz CT molecular complexity index is 1220. The molecule has 1 aliphatic heterocycles. The summed E-state index contributed by atoms with van der Waals surface area (Å²) >= 11 is 5.71. The van der Waals surface area contributed by atoms with Gasteiger partial charge in [0.05, 0.1) is 31.0 Å². The molecule has 180 valence electrons. The molecule has 2 aromatic carbocycles. The lowest BCUT2D eigenvalue weighted by atomic mass is 10.1. The zero-order chi connectivity index (χ0) is 24.5. The monoisotopic (exact) mass is 495 g/mol. The third-order valence-corrected chi connectivity index (χ3v) is 5.75. The van der Waals surface area contributed by atoms with E-state index in [2.05, 4.69) is 15.3 Å². The van der Waals surface area contributed by atoms with Gasteiger partial charge in [0.25, 0.3) is 0 Å². The lowest BCUT2D eigenvalue weighted by molar-refractivity contribution is -0.136. The van der Waals surface area contributed by atoms with Crippen LogP contribution in [0.3, 0.4) is 0 Å². The second-order valence-corrected chi connectivity index (χ2v) is 7.95. The number of halogens is 4. The first-order valence-electron chi connectivity index (χ1n) is 10.3. The highest BCUT2D eigenvalue weighted by Crippen LogP contribution is 2.37. The number of ether oxygens (including phenoxy) is 2. The van der Waals surface area contributed by atoms with Crippen LogP contribution in [0.2, 0.25) is 5.02 Å². The summed E-state index contributed by atoms with van der Waals surface area (Å²) in [6.45, 7) is 1.44. The molecule has 4 rings (SSSR count). The first-order valence-corrected chi connectivity index (χ1v) is 10.6. The van der Waals surface area contributed by atoms with Crippen molar-refractivity contribution >= 4 is 40.0 Å². The van der Waals surface area contributed by atoms with Crippen molar-refractivity contribution in [1.82, 2.24) is 14.9 Å². The Morgan fingerprint density at radius 3 is 2.35 bits per heavy atom. The van der Waals surface area contributed by atoms with Crippen molar-refractivity contribution in [3.63, 3.8) is 0 Å². The molecule has 0 aliphatic carbocycles. The van der Waals surface area contributed by atoms with E-state index in [9.17, 15) is 18.0 Å². The Morgan fingerprint density at radius 2 is 1.71 bits per heavy atom. The van der Waals surface area contributed by atoms with Gasteiger partial charge in [-0.1, -0.05) is 11.6 Å². The first-order chi connectivity index (χ1) is 16.2. The van der Waals surface area contributed by atoms with E-state index in [0.29, 0.717) is 49.0 Å². The summed E-state index contributed by atoms with van der Waals surface area (Å²) in [5.41, 5.74) is -0.666. The maximum atomic E-state index is 13.3. The Hall–Kier alpha value is -3.47. The molecule has 0 spiro atoms. The molecule has 0 unspecified atom stereocenters. The number of carbonyl (C=O) groups excluding carboxylic acids is 1. The van der Waals surface area contributed by atoms with Gasteiger partial charge in [-0.05, 0) is 24.3 Å². The number of anilines is 2. The van der Waals surface area contributed by atoms with Gasteiger partial charge >= 0.3 is 12.2 Å². The van der Waals surface area contributed by atoms with Gasteiger partial charge in [0.2, 0.25) is 0 Å². The van der Waals surface area contributed by atoms with Crippen LogP contribution in [0.4, 0.5) is 29.5 Å². The minimum Gasteiger partial charge on any atom is -0.493 e. The second kappa shape index (κ2) is 9.41. The Labute approximate surface area is 198 Å². The Kier molecular flexibility index (Phi) is 6.56. The fourth-order valence-corrected chi connectivity index (χ4v) is 3.97. The summed E-state index contributed by atoms with van der Waals surface area (Å²) in [4.78, 5) is 24.8. The van der Waals surface area contributed by atoms with Gasteiger partial charge < -0.3 is 24.6 Å². The number of rotatable bonds is 4. The van der Waals surface area contributed by atoms with Crippen molar-refractivity contribution in [1.29, 1.82) is 0 Å². The van der Waals surface area contributed by atoms with Crippen molar-refractivity contribution in [2.24, 2.45) is 0 Å². The fourth-order valence-electron chi connectivity index (χ4n) is 3.80. The molecule has 0 radical (unpaired) electrons. The predicted molar refractivity (Wildman–Crippen MR) is 122 cm³/mol. The van der Waals surface area contributed by atoms with Crippen molar-refractivity contribution in [3.05, 3.63) is 47.2 Å². The highest BCUT2D eigenvalue weighted by molar-refractivity contribution is 6.30. The van der Waals surface area contributed by atoms with Gasteiger partial charge in [-0.15, -0.1) is 0 Å². The van der Waals surface area contributed by atoms with Gasteiger partial charge in [0.15, 0.2) is 11.5 Å². The van der Waals surface area contributed by atoms with Crippen LogP contribution >= 0.6 is 11.6 Å².